The van der Waals surface area contributed by atoms with E-state index in [0.717, 1.165) is 28.9 Å². The number of anilines is 1. The van der Waals surface area contributed by atoms with Crippen LogP contribution in [0.3, 0.4) is 0 Å². The summed E-state index contributed by atoms with van der Waals surface area (Å²) in [6, 6.07) is 12.5. The van der Waals surface area contributed by atoms with Gasteiger partial charge in [-0.1, -0.05) is 30.3 Å². The Labute approximate surface area is 161 Å². The average Bonchev–Trinajstić information content (AvgIpc) is 2.66. The number of para-hydroxylation sites is 1. The van der Waals surface area contributed by atoms with Gasteiger partial charge in [-0.2, -0.15) is 13.2 Å². The van der Waals surface area contributed by atoms with E-state index in [2.05, 4.69) is 10.6 Å². The monoisotopic (exact) mass is 390 g/mol. The highest BCUT2D eigenvalue weighted by molar-refractivity contribution is 5.96. The van der Waals surface area contributed by atoms with Crippen LogP contribution in [0.5, 0.6) is 0 Å². The van der Waals surface area contributed by atoms with E-state index in [1.165, 1.54) is 12.1 Å². The fourth-order valence-electron chi connectivity index (χ4n) is 3.25. The first-order chi connectivity index (χ1) is 13.3. The molecule has 7 heteroatoms. The van der Waals surface area contributed by atoms with Gasteiger partial charge in [-0.05, 0) is 48.6 Å². The molecule has 0 spiro atoms. The normalized spacial score (nSPS) is 16.2. The molecule has 1 atom stereocenters. The van der Waals surface area contributed by atoms with E-state index in [9.17, 15) is 22.8 Å². The van der Waals surface area contributed by atoms with Crippen molar-refractivity contribution >= 4 is 17.5 Å². The number of benzene rings is 2. The van der Waals surface area contributed by atoms with Gasteiger partial charge in [0, 0.05) is 24.6 Å². The molecule has 0 fully saturated rings. The molecule has 1 aliphatic heterocycles. The maximum absolute atomic E-state index is 12.5. The van der Waals surface area contributed by atoms with E-state index < -0.39 is 11.7 Å². The predicted octanol–water partition coefficient (Wildman–Crippen LogP) is 3.96. The maximum Gasteiger partial charge on any atom is 0.416 e. The van der Waals surface area contributed by atoms with Crippen LogP contribution in [-0.2, 0) is 28.6 Å². The third-order valence-electron chi connectivity index (χ3n) is 4.85. The molecule has 1 heterocycles. The first-order valence-corrected chi connectivity index (χ1v) is 9.14. The second-order valence-corrected chi connectivity index (χ2v) is 6.88. The quantitative estimate of drug-likeness (QED) is 0.785. The molecule has 0 saturated carbocycles. The molecule has 148 valence electrons. The molecule has 0 saturated heterocycles. The van der Waals surface area contributed by atoms with Gasteiger partial charge in [-0.15, -0.1) is 0 Å². The van der Waals surface area contributed by atoms with Crippen LogP contribution in [0.15, 0.2) is 48.5 Å². The van der Waals surface area contributed by atoms with Crippen molar-refractivity contribution in [1.29, 1.82) is 0 Å². The summed E-state index contributed by atoms with van der Waals surface area (Å²) in [5.41, 5.74) is 1.92. The van der Waals surface area contributed by atoms with Gasteiger partial charge in [0.1, 0.15) is 0 Å². The summed E-state index contributed by atoms with van der Waals surface area (Å²) in [5.74, 6) is -0.481. The lowest BCUT2D eigenvalue weighted by Crippen LogP contribution is -2.32. The highest BCUT2D eigenvalue weighted by atomic mass is 19.4. The van der Waals surface area contributed by atoms with Crippen LogP contribution in [0.25, 0.3) is 0 Å². The number of rotatable bonds is 6. The fourth-order valence-corrected chi connectivity index (χ4v) is 3.25. The molecule has 4 nitrogen and oxygen atoms in total. The third kappa shape index (κ3) is 5.12. The summed E-state index contributed by atoms with van der Waals surface area (Å²) in [7, 11) is 0. The lowest BCUT2D eigenvalue weighted by Gasteiger charge is -2.24. The first kappa shape index (κ1) is 19.9. The van der Waals surface area contributed by atoms with Gasteiger partial charge in [-0.3, -0.25) is 9.59 Å². The van der Waals surface area contributed by atoms with Gasteiger partial charge >= 0.3 is 6.18 Å². The lowest BCUT2D eigenvalue weighted by molar-refractivity contribution is -0.137. The molecule has 2 aromatic carbocycles. The van der Waals surface area contributed by atoms with E-state index in [1.54, 1.807) is 0 Å². The topological polar surface area (TPSA) is 58.2 Å². The zero-order chi connectivity index (χ0) is 20.1. The van der Waals surface area contributed by atoms with Gasteiger partial charge in [0.05, 0.1) is 5.56 Å². The standard InChI is InChI=1S/C21H21F3N2O2/c22-21(23,24)17-8-5-14(6-9-17)11-12-25-19(27)10-7-16-13-15-3-1-2-4-18(15)26-20(16)28/h1-6,8-9,16H,7,10-13H2,(H,25,27)(H,26,28)/t16-/m0/s1. The number of amides is 2. The Balaban J connectivity index is 1.41. The molecule has 0 aromatic heterocycles. The van der Waals surface area contributed by atoms with Crippen molar-refractivity contribution in [3.8, 4) is 0 Å². The third-order valence-corrected chi connectivity index (χ3v) is 4.85. The number of alkyl halides is 3. The minimum atomic E-state index is -4.35. The van der Waals surface area contributed by atoms with E-state index in [-0.39, 0.29) is 24.2 Å². The molecular formula is C21H21F3N2O2. The molecule has 0 bridgehead atoms. The van der Waals surface area contributed by atoms with Crippen LogP contribution in [-0.4, -0.2) is 18.4 Å². The van der Waals surface area contributed by atoms with Crippen molar-refractivity contribution in [3.05, 3.63) is 65.2 Å². The Morgan fingerprint density at radius 2 is 1.82 bits per heavy atom. The number of hydrogen-bond donors (Lipinski definition) is 2. The summed E-state index contributed by atoms with van der Waals surface area (Å²) in [6.45, 7) is 0.337. The number of hydrogen-bond acceptors (Lipinski definition) is 2. The molecular weight excluding hydrogens is 369 g/mol. The zero-order valence-corrected chi connectivity index (χ0v) is 15.2. The first-order valence-electron chi connectivity index (χ1n) is 9.14. The second-order valence-electron chi connectivity index (χ2n) is 6.88. The van der Waals surface area contributed by atoms with E-state index in [0.29, 0.717) is 25.8 Å². The highest BCUT2D eigenvalue weighted by Crippen LogP contribution is 2.29. The molecule has 0 aliphatic carbocycles. The van der Waals surface area contributed by atoms with Crippen LogP contribution >= 0.6 is 0 Å². The molecule has 0 radical (unpaired) electrons. The second kappa shape index (κ2) is 8.46. The number of carbonyl (C=O) groups is 2. The van der Waals surface area contributed by atoms with Gasteiger partial charge in [0.25, 0.3) is 0 Å². The Bertz CT molecular complexity index is 847. The van der Waals surface area contributed by atoms with E-state index in [4.69, 9.17) is 0 Å². The Hall–Kier alpha value is -2.83. The number of carbonyl (C=O) groups excluding carboxylic acids is 2. The summed E-state index contributed by atoms with van der Waals surface area (Å²) in [5, 5.41) is 5.62. The summed E-state index contributed by atoms with van der Waals surface area (Å²) in [6.07, 6.45) is -2.61. The summed E-state index contributed by atoms with van der Waals surface area (Å²) >= 11 is 0. The molecule has 3 rings (SSSR count). The van der Waals surface area contributed by atoms with Gasteiger partial charge in [0.2, 0.25) is 11.8 Å². The van der Waals surface area contributed by atoms with Crippen molar-refractivity contribution in [2.75, 3.05) is 11.9 Å². The lowest BCUT2D eigenvalue weighted by atomic mass is 9.89. The number of halogens is 3. The van der Waals surface area contributed by atoms with Crippen LogP contribution in [0.1, 0.15) is 29.5 Å². The summed E-state index contributed by atoms with van der Waals surface area (Å²) in [4.78, 5) is 24.2. The van der Waals surface area contributed by atoms with Crippen molar-refractivity contribution in [2.45, 2.75) is 31.9 Å². The SMILES string of the molecule is O=C(CC[C@H]1Cc2ccccc2NC1=O)NCCc1ccc(C(F)(F)F)cc1. The van der Waals surface area contributed by atoms with E-state index >= 15 is 0 Å². The molecule has 1 aliphatic rings. The van der Waals surface area contributed by atoms with Crippen molar-refractivity contribution in [1.82, 2.24) is 5.32 Å². The largest absolute Gasteiger partial charge is 0.416 e. The van der Waals surface area contributed by atoms with Crippen LogP contribution in [0.2, 0.25) is 0 Å². The Kier molecular flexibility index (Phi) is 6.02. The summed E-state index contributed by atoms with van der Waals surface area (Å²) < 4.78 is 37.6. The smallest absolute Gasteiger partial charge is 0.356 e. The van der Waals surface area contributed by atoms with Crippen LogP contribution < -0.4 is 10.6 Å². The molecule has 2 N–H and O–H groups in total. The molecule has 2 aromatic rings. The fraction of sp³-hybridized carbons (Fsp3) is 0.333. The maximum atomic E-state index is 12.5. The van der Waals surface area contributed by atoms with Crippen LogP contribution in [0.4, 0.5) is 18.9 Å². The van der Waals surface area contributed by atoms with E-state index in [1.807, 2.05) is 24.3 Å². The number of nitrogens with one attached hydrogen (secondary N) is 2. The van der Waals surface area contributed by atoms with Gasteiger partial charge < -0.3 is 10.6 Å². The van der Waals surface area contributed by atoms with Gasteiger partial charge in [0.15, 0.2) is 0 Å². The molecule has 0 unspecified atom stereocenters. The van der Waals surface area contributed by atoms with Gasteiger partial charge in [-0.25, -0.2) is 0 Å². The predicted molar refractivity (Wildman–Crippen MR) is 99.7 cm³/mol. The highest BCUT2D eigenvalue weighted by Gasteiger charge is 2.30. The Morgan fingerprint density at radius 3 is 2.54 bits per heavy atom. The average molecular weight is 390 g/mol. The zero-order valence-electron chi connectivity index (χ0n) is 15.2. The van der Waals surface area contributed by atoms with Crippen LogP contribution in [0, 0.1) is 5.92 Å². The number of fused-ring (bicyclic) bond motifs is 1. The van der Waals surface area contributed by atoms with Crippen molar-refractivity contribution in [2.24, 2.45) is 5.92 Å². The molecule has 28 heavy (non-hydrogen) atoms. The Morgan fingerprint density at radius 1 is 1.11 bits per heavy atom. The minimum Gasteiger partial charge on any atom is -0.356 e. The van der Waals surface area contributed by atoms with Crippen molar-refractivity contribution < 1.29 is 22.8 Å². The molecule has 2 amide bonds. The minimum absolute atomic E-state index is 0.0729. The van der Waals surface area contributed by atoms with Crippen molar-refractivity contribution in [3.63, 3.8) is 0 Å².